The molecule has 0 bridgehead atoms. The third kappa shape index (κ3) is 1.26. The first kappa shape index (κ1) is 8.10. The molecule has 1 aromatic carbocycles. The fourth-order valence-corrected chi connectivity index (χ4v) is 1.37. The minimum Gasteiger partial charge on any atom is -0.479 e. The summed E-state index contributed by atoms with van der Waals surface area (Å²) in [5.41, 5.74) is 1.82. The molecule has 3 nitrogen and oxygen atoms in total. The topological polar surface area (TPSA) is 38.3 Å². The molecule has 0 saturated carbocycles. The van der Waals surface area contributed by atoms with Crippen LogP contribution in [0.2, 0.25) is 0 Å². The maximum Gasteiger partial charge on any atom is 0.265 e. The van der Waals surface area contributed by atoms with Crippen LogP contribution in [0.3, 0.4) is 0 Å². The summed E-state index contributed by atoms with van der Waals surface area (Å²) in [5, 5.41) is 2.81. The van der Waals surface area contributed by atoms with E-state index in [4.69, 9.17) is 4.74 Å². The predicted molar refractivity (Wildman–Crippen MR) is 49.9 cm³/mol. The number of carbonyl (C=O) groups excluding carboxylic acids is 1. The number of hydrogen-bond donors (Lipinski definition) is 1. The summed E-state index contributed by atoms with van der Waals surface area (Å²) in [7, 11) is 0. The largest absolute Gasteiger partial charge is 0.479 e. The van der Waals surface area contributed by atoms with Gasteiger partial charge in [-0.1, -0.05) is 12.1 Å². The molecule has 1 aliphatic heterocycles. The van der Waals surface area contributed by atoms with E-state index in [1.807, 2.05) is 25.1 Å². The molecule has 3 heteroatoms. The molecule has 1 unspecified atom stereocenters. The predicted octanol–water partition coefficient (Wildman–Crippen LogP) is 1.71. The number of amides is 1. The Bertz CT molecular complexity index is 360. The Morgan fingerprint density at radius 3 is 3.00 bits per heavy atom. The van der Waals surface area contributed by atoms with Crippen LogP contribution in [0.5, 0.6) is 5.75 Å². The smallest absolute Gasteiger partial charge is 0.265 e. The molecule has 1 aromatic rings. The van der Waals surface area contributed by atoms with Gasteiger partial charge in [-0.2, -0.15) is 0 Å². The summed E-state index contributed by atoms with van der Waals surface area (Å²) < 4.78 is 5.41. The highest BCUT2D eigenvalue weighted by atomic mass is 16.5. The molecule has 0 aromatic heterocycles. The van der Waals surface area contributed by atoms with Gasteiger partial charge in [-0.05, 0) is 25.5 Å². The number of nitrogens with one attached hydrogen (secondary N) is 1. The van der Waals surface area contributed by atoms with Crippen molar-refractivity contribution in [3.8, 4) is 5.75 Å². The second-order valence-corrected chi connectivity index (χ2v) is 3.20. The van der Waals surface area contributed by atoms with Crippen LogP contribution in [0.1, 0.15) is 12.5 Å². The molecule has 0 spiro atoms. The summed E-state index contributed by atoms with van der Waals surface area (Å²) in [6, 6.07) is 5.72. The summed E-state index contributed by atoms with van der Waals surface area (Å²) >= 11 is 0. The van der Waals surface area contributed by atoms with Crippen molar-refractivity contribution in [2.75, 3.05) is 5.32 Å². The van der Waals surface area contributed by atoms with Crippen LogP contribution in [-0.2, 0) is 4.79 Å². The first-order valence-corrected chi connectivity index (χ1v) is 4.25. The van der Waals surface area contributed by atoms with Crippen LogP contribution in [0, 0.1) is 6.92 Å². The quantitative estimate of drug-likeness (QED) is 0.655. The number of rotatable bonds is 0. The zero-order valence-corrected chi connectivity index (χ0v) is 7.63. The SMILES string of the molecule is Cc1cccc2c1NC(=O)C(C)O2. The zero-order chi connectivity index (χ0) is 9.42. The van der Waals surface area contributed by atoms with Crippen molar-refractivity contribution in [1.82, 2.24) is 0 Å². The normalized spacial score (nSPS) is 20.2. The Kier molecular flexibility index (Phi) is 1.72. The summed E-state index contributed by atoms with van der Waals surface area (Å²) in [5.74, 6) is 0.675. The zero-order valence-electron chi connectivity index (χ0n) is 7.63. The van der Waals surface area contributed by atoms with Gasteiger partial charge in [0.25, 0.3) is 5.91 Å². The van der Waals surface area contributed by atoms with Crippen LogP contribution < -0.4 is 10.1 Å². The third-order valence-corrected chi connectivity index (χ3v) is 2.16. The van der Waals surface area contributed by atoms with Crippen LogP contribution in [0.25, 0.3) is 0 Å². The van der Waals surface area contributed by atoms with Crippen molar-refractivity contribution in [1.29, 1.82) is 0 Å². The van der Waals surface area contributed by atoms with Gasteiger partial charge in [0.2, 0.25) is 0 Å². The van der Waals surface area contributed by atoms with E-state index in [1.165, 1.54) is 0 Å². The third-order valence-electron chi connectivity index (χ3n) is 2.16. The maximum atomic E-state index is 11.3. The molecule has 1 aliphatic rings. The van der Waals surface area contributed by atoms with Gasteiger partial charge >= 0.3 is 0 Å². The number of carbonyl (C=O) groups is 1. The second-order valence-electron chi connectivity index (χ2n) is 3.20. The van der Waals surface area contributed by atoms with Crippen molar-refractivity contribution >= 4 is 11.6 Å². The van der Waals surface area contributed by atoms with E-state index in [-0.39, 0.29) is 5.91 Å². The molecule has 13 heavy (non-hydrogen) atoms. The molecule has 68 valence electrons. The average Bonchev–Trinajstić information content (AvgIpc) is 2.09. The molecule has 1 amide bonds. The molecule has 0 radical (unpaired) electrons. The molecule has 0 fully saturated rings. The maximum absolute atomic E-state index is 11.3. The fraction of sp³-hybridized carbons (Fsp3) is 0.300. The van der Waals surface area contributed by atoms with E-state index in [0.717, 1.165) is 17.0 Å². The van der Waals surface area contributed by atoms with Gasteiger partial charge in [0.1, 0.15) is 5.75 Å². The molecular formula is C10H11NO2. The lowest BCUT2D eigenvalue weighted by atomic mass is 10.1. The van der Waals surface area contributed by atoms with Gasteiger partial charge in [-0.25, -0.2) is 0 Å². The average molecular weight is 177 g/mol. The van der Waals surface area contributed by atoms with Crippen molar-refractivity contribution in [2.45, 2.75) is 20.0 Å². The minimum absolute atomic E-state index is 0.0817. The van der Waals surface area contributed by atoms with Gasteiger partial charge in [-0.3, -0.25) is 4.79 Å². The van der Waals surface area contributed by atoms with Crippen molar-refractivity contribution in [2.24, 2.45) is 0 Å². The lowest BCUT2D eigenvalue weighted by Gasteiger charge is -2.24. The number of para-hydroxylation sites is 1. The van der Waals surface area contributed by atoms with E-state index in [2.05, 4.69) is 5.32 Å². The lowest BCUT2D eigenvalue weighted by molar-refractivity contribution is -0.122. The molecule has 1 heterocycles. The van der Waals surface area contributed by atoms with Gasteiger partial charge in [0, 0.05) is 0 Å². The van der Waals surface area contributed by atoms with E-state index >= 15 is 0 Å². The van der Waals surface area contributed by atoms with Gasteiger partial charge in [0.15, 0.2) is 6.10 Å². The summed E-state index contributed by atoms with van der Waals surface area (Å²) in [6.07, 6.45) is -0.394. The number of anilines is 1. The van der Waals surface area contributed by atoms with E-state index in [9.17, 15) is 4.79 Å². The second kappa shape index (κ2) is 2.76. The molecule has 0 aliphatic carbocycles. The highest BCUT2D eigenvalue weighted by Gasteiger charge is 2.23. The lowest BCUT2D eigenvalue weighted by Crippen LogP contribution is -2.34. The van der Waals surface area contributed by atoms with Gasteiger partial charge in [-0.15, -0.1) is 0 Å². The summed E-state index contributed by atoms with van der Waals surface area (Å²) in [6.45, 7) is 3.68. The molecule has 1 N–H and O–H groups in total. The van der Waals surface area contributed by atoms with Gasteiger partial charge in [0.05, 0.1) is 5.69 Å². The van der Waals surface area contributed by atoms with Crippen LogP contribution in [0.15, 0.2) is 18.2 Å². The van der Waals surface area contributed by atoms with Crippen molar-refractivity contribution in [3.63, 3.8) is 0 Å². The van der Waals surface area contributed by atoms with Gasteiger partial charge < -0.3 is 10.1 Å². The number of hydrogen-bond acceptors (Lipinski definition) is 2. The highest BCUT2D eigenvalue weighted by molar-refractivity contribution is 5.98. The van der Waals surface area contributed by atoms with E-state index < -0.39 is 6.10 Å². The Labute approximate surface area is 76.7 Å². The Balaban J connectivity index is 2.48. The van der Waals surface area contributed by atoms with Crippen LogP contribution >= 0.6 is 0 Å². The number of aryl methyl sites for hydroxylation is 1. The van der Waals surface area contributed by atoms with Crippen LogP contribution in [0.4, 0.5) is 5.69 Å². The van der Waals surface area contributed by atoms with Crippen molar-refractivity contribution in [3.05, 3.63) is 23.8 Å². The Morgan fingerprint density at radius 2 is 2.23 bits per heavy atom. The van der Waals surface area contributed by atoms with E-state index in [0.29, 0.717) is 0 Å². The Morgan fingerprint density at radius 1 is 1.46 bits per heavy atom. The van der Waals surface area contributed by atoms with Crippen LogP contribution in [-0.4, -0.2) is 12.0 Å². The molecule has 0 saturated heterocycles. The first-order valence-electron chi connectivity index (χ1n) is 4.25. The standard InChI is InChI=1S/C10H11NO2/c1-6-4-3-5-8-9(6)11-10(12)7(2)13-8/h3-5,7H,1-2H3,(H,11,12). The fourth-order valence-electron chi connectivity index (χ4n) is 1.37. The molecule has 2 rings (SSSR count). The van der Waals surface area contributed by atoms with Crippen molar-refractivity contribution < 1.29 is 9.53 Å². The number of ether oxygens (including phenoxy) is 1. The molecular weight excluding hydrogens is 166 g/mol. The summed E-state index contributed by atoms with van der Waals surface area (Å²) in [4.78, 5) is 11.3. The molecule has 1 atom stereocenters. The first-order chi connectivity index (χ1) is 6.18. The monoisotopic (exact) mass is 177 g/mol. The highest BCUT2D eigenvalue weighted by Crippen LogP contribution is 2.31. The minimum atomic E-state index is -0.394. The Hall–Kier alpha value is -1.51. The van der Waals surface area contributed by atoms with E-state index in [1.54, 1.807) is 6.92 Å². The number of benzene rings is 1. The number of fused-ring (bicyclic) bond motifs is 1.